The molecule has 2 aromatic rings. The summed E-state index contributed by atoms with van der Waals surface area (Å²) in [7, 11) is 0. The summed E-state index contributed by atoms with van der Waals surface area (Å²) in [6.07, 6.45) is 2.98. The van der Waals surface area contributed by atoms with Crippen LogP contribution in [-0.2, 0) is 16.1 Å². The van der Waals surface area contributed by atoms with Gasteiger partial charge in [0.25, 0.3) is 0 Å². The van der Waals surface area contributed by atoms with Gasteiger partial charge in [-0.1, -0.05) is 24.3 Å². The summed E-state index contributed by atoms with van der Waals surface area (Å²) in [5.74, 6) is 1.01. The highest BCUT2D eigenvalue weighted by Crippen LogP contribution is 2.22. The van der Waals surface area contributed by atoms with Crippen molar-refractivity contribution in [3.05, 3.63) is 54.2 Å². The smallest absolute Gasteiger partial charge is 0.242 e. The summed E-state index contributed by atoms with van der Waals surface area (Å²) in [5.41, 5.74) is 0.777. The van der Waals surface area contributed by atoms with E-state index in [0.29, 0.717) is 31.1 Å². The van der Waals surface area contributed by atoms with Gasteiger partial charge in [-0.3, -0.25) is 9.59 Å². The molecule has 6 nitrogen and oxygen atoms in total. The molecule has 0 saturated carbocycles. The molecule has 1 fully saturated rings. The number of carbonyl (C=O) groups is 2. The van der Waals surface area contributed by atoms with Gasteiger partial charge in [0, 0.05) is 31.3 Å². The normalized spacial score (nSPS) is 15.1. The fourth-order valence-electron chi connectivity index (χ4n) is 2.80. The molecule has 0 spiro atoms. The molecule has 3 rings (SSSR count). The van der Waals surface area contributed by atoms with E-state index < -0.39 is 6.04 Å². The molecule has 25 heavy (non-hydrogen) atoms. The minimum atomic E-state index is -0.467. The van der Waals surface area contributed by atoms with Crippen molar-refractivity contribution in [1.82, 2.24) is 15.2 Å². The molecule has 1 atom stereocenters. The number of likely N-dealkylation sites (tertiary alicyclic amines) is 1. The molecule has 1 aromatic heterocycles. The number of hydrogen-bond donors (Lipinski definition) is 1. The third-order valence-electron chi connectivity index (χ3n) is 4.22. The molecule has 130 valence electrons. The Kier molecular flexibility index (Phi) is 5.28. The van der Waals surface area contributed by atoms with Crippen LogP contribution in [0.15, 0.2) is 48.7 Å². The first-order valence-corrected chi connectivity index (χ1v) is 8.39. The Labute approximate surface area is 146 Å². The maximum Gasteiger partial charge on any atom is 0.242 e. The second-order valence-corrected chi connectivity index (χ2v) is 5.97. The lowest BCUT2D eigenvalue weighted by Gasteiger charge is -2.23. The van der Waals surface area contributed by atoms with Gasteiger partial charge in [0.05, 0.1) is 0 Å². The number of aromatic nitrogens is 1. The maximum absolute atomic E-state index is 12.4. The van der Waals surface area contributed by atoms with E-state index in [0.717, 1.165) is 12.0 Å². The summed E-state index contributed by atoms with van der Waals surface area (Å²) in [6, 6.07) is 12.6. The number of pyridine rings is 1. The zero-order valence-electron chi connectivity index (χ0n) is 14.1. The van der Waals surface area contributed by atoms with Gasteiger partial charge >= 0.3 is 0 Å². The van der Waals surface area contributed by atoms with Crippen LogP contribution >= 0.6 is 0 Å². The maximum atomic E-state index is 12.4. The topological polar surface area (TPSA) is 71.5 Å². The van der Waals surface area contributed by atoms with Gasteiger partial charge in [0.2, 0.25) is 17.7 Å². The van der Waals surface area contributed by atoms with Crippen molar-refractivity contribution in [2.45, 2.75) is 32.4 Å². The Hall–Kier alpha value is -2.89. The van der Waals surface area contributed by atoms with Gasteiger partial charge in [-0.05, 0) is 31.5 Å². The number of carbonyl (C=O) groups excluding carboxylic acids is 2. The van der Waals surface area contributed by atoms with Crippen LogP contribution in [0.25, 0.3) is 0 Å². The lowest BCUT2D eigenvalue weighted by molar-refractivity contribution is -0.136. The predicted molar refractivity (Wildman–Crippen MR) is 93.0 cm³/mol. The van der Waals surface area contributed by atoms with E-state index in [4.69, 9.17) is 4.74 Å². The van der Waals surface area contributed by atoms with Crippen molar-refractivity contribution in [3.8, 4) is 11.6 Å². The first-order chi connectivity index (χ1) is 12.1. The van der Waals surface area contributed by atoms with Crippen molar-refractivity contribution >= 4 is 11.8 Å². The Morgan fingerprint density at radius 1 is 1.28 bits per heavy atom. The van der Waals surface area contributed by atoms with Gasteiger partial charge in [-0.2, -0.15) is 0 Å². The highest BCUT2D eigenvalue weighted by Gasteiger charge is 2.29. The first-order valence-electron chi connectivity index (χ1n) is 8.39. The third-order valence-corrected chi connectivity index (χ3v) is 4.22. The molecular weight excluding hydrogens is 318 g/mol. The average Bonchev–Trinajstić information content (AvgIpc) is 3.07. The summed E-state index contributed by atoms with van der Waals surface area (Å²) >= 11 is 0. The van der Waals surface area contributed by atoms with E-state index in [1.807, 2.05) is 36.4 Å². The van der Waals surface area contributed by atoms with Crippen molar-refractivity contribution in [2.75, 3.05) is 6.54 Å². The molecule has 1 N–H and O–H groups in total. The van der Waals surface area contributed by atoms with Crippen LogP contribution in [0.3, 0.4) is 0 Å². The molecular formula is C19H21N3O3. The van der Waals surface area contributed by atoms with Crippen LogP contribution in [0, 0.1) is 0 Å². The molecule has 1 aromatic carbocycles. The zero-order valence-corrected chi connectivity index (χ0v) is 14.1. The average molecular weight is 339 g/mol. The monoisotopic (exact) mass is 339 g/mol. The number of para-hydroxylation sites is 1. The van der Waals surface area contributed by atoms with Crippen LogP contribution in [0.1, 0.15) is 25.3 Å². The summed E-state index contributed by atoms with van der Waals surface area (Å²) < 4.78 is 5.79. The van der Waals surface area contributed by atoms with E-state index in [1.54, 1.807) is 24.1 Å². The fraction of sp³-hybridized carbons (Fsp3) is 0.316. The zero-order chi connectivity index (χ0) is 17.6. The Morgan fingerprint density at radius 3 is 2.80 bits per heavy atom. The van der Waals surface area contributed by atoms with E-state index in [2.05, 4.69) is 10.3 Å². The molecule has 1 aliphatic heterocycles. The van der Waals surface area contributed by atoms with Crippen LogP contribution in [0.5, 0.6) is 11.6 Å². The molecule has 1 saturated heterocycles. The molecule has 2 amide bonds. The van der Waals surface area contributed by atoms with Crippen molar-refractivity contribution in [3.63, 3.8) is 0 Å². The molecule has 6 heteroatoms. The third kappa shape index (κ3) is 4.15. The van der Waals surface area contributed by atoms with Crippen LogP contribution in [-0.4, -0.2) is 34.3 Å². The standard InChI is InChI=1S/C19H21N3O3/c1-14(22-12-6-10-17(22)23)18(24)21-13-15-7-5-11-20-19(15)25-16-8-3-2-4-9-16/h2-5,7-9,11,14H,6,10,12-13H2,1H3,(H,21,24)/t14-/m0/s1. The Balaban J connectivity index is 1.63. The fourth-order valence-corrected chi connectivity index (χ4v) is 2.80. The van der Waals surface area contributed by atoms with Crippen molar-refractivity contribution in [1.29, 1.82) is 0 Å². The predicted octanol–water partition coefficient (Wildman–Crippen LogP) is 2.50. The highest BCUT2D eigenvalue weighted by atomic mass is 16.5. The quantitative estimate of drug-likeness (QED) is 0.878. The van der Waals surface area contributed by atoms with Crippen molar-refractivity contribution < 1.29 is 14.3 Å². The first kappa shape index (κ1) is 17.0. The van der Waals surface area contributed by atoms with Crippen LogP contribution in [0.2, 0.25) is 0 Å². The minimum absolute atomic E-state index is 0.0390. The van der Waals surface area contributed by atoms with Gasteiger partial charge < -0.3 is 15.0 Å². The number of rotatable bonds is 6. The van der Waals surface area contributed by atoms with Gasteiger partial charge in [0.1, 0.15) is 11.8 Å². The lowest BCUT2D eigenvalue weighted by atomic mass is 10.2. The van der Waals surface area contributed by atoms with Crippen LogP contribution < -0.4 is 10.1 Å². The number of ether oxygens (including phenoxy) is 1. The SMILES string of the molecule is C[C@@H](C(=O)NCc1cccnc1Oc1ccccc1)N1CCCC1=O. The second-order valence-electron chi connectivity index (χ2n) is 5.97. The van der Waals surface area contributed by atoms with Gasteiger partial charge in [-0.15, -0.1) is 0 Å². The van der Waals surface area contributed by atoms with E-state index >= 15 is 0 Å². The van der Waals surface area contributed by atoms with E-state index in [-0.39, 0.29) is 11.8 Å². The summed E-state index contributed by atoms with van der Waals surface area (Å²) in [5, 5.41) is 2.87. The largest absolute Gasteiger partial charge is 0.439 e. The molecule has 0 radical (unpaired) electrons. The van der Waals surface area contributed by atoms with E-state index in [9.17, 15) is 9.59 Å². The molecule has 0 aliphatic carbocycles. The Morgan fingerprint density at radius 2 is 2.08 bits per heavy atom. The molecule has 0 bridgehead atoms. The van der Waals surface area contributed by atoms with Crippen LogP contribution in [0.4, 0.5) is 0 Å². The minimum Gasteiger partial charge on any atom is -0.439 e. The molecule has 0 unspecified atom stereocenters. The van der Waals surface area contributed by atoms with Crippen molar-refractivity contribution in [2.24, 2.45) is 0 Å². The summed E-state index contributed by atoms with van der Waals surface area (Å²) in [6.45, 7) is 2.69. The van der Waals surface area contributed by atoms with E-state index in [1.165, 1.54) is 0 Å². The number of nitrogens with one attached hydrogen (secondary N) is 1. The molecule has 1 aliphatic rings. The Bertz CT molecular complexity index is 749. The number of amides is 2. The summed E-state index contributed by atoms with van der Waals surface area (Å²) in [4.78, 5) is 30.0. The van der Waals surface area contributed by atoms with Gasteiger partial charge in [0.15, 0.2) is 0 Å². The number of benzene rings is 1. The lowest BCUT2D eigenvalue weighted by Crippen LogP contribution is -2.45. The highest BCUT2D eigenvalue weighted by molar-refractivity contribution is 5.88. The molecule has 2 heterocycles. The number of hydrogen-bond acceptors (Lipinski definition) is 4. The van der Waals surface area contributed by atoms with Gasteiger partial charge in [-0.25, -0.2) is 4.98 Å². The second kappa shape index (κ2) is 7.79. The number of nitrogens with zero attached hydrogens (tertiary/aromatic N) is 2.